The Morgan fingerprint density at radius 2 is 1.84 bits per heavy atom. The minimum atomic E-state index is -0.963. The molecule has 31 heavy (non-hydrogen) atoms. The molecule has 2 aliphatic heterocycles. The maximum atomic E-state index is 12.3. The average molecular weight is 442 g/mol. The maximum Gasteiger partial charge on any atom is 0.337 e. The lowest BCUT2D eigenvalue weighted by Gasteiger charge is -2.35. The van der Waals surface area contributed by atoms with Gasteiger partial charge in [-0.25, -0.2) is 4.79 Å². The molecule has 2 aliphatic rings. The van der Waals surface area contributed by atoms with Crippen LogP contribution in [0, 0.1) is 5.92 Å². The van der Waals surface area contributed by atoms with Gasteiger partial charge in [-0.15, -0.1) is 11.3 Å². The van der Waals surface area contributed by atoms with E-state index in [9.17, 15) is 14.7 Å². The topological polar surface area (TPSA) is 72.9 Å². The lowest BCUT2D eigenvalue weighted by atomic mass is 9.92. The van der Waals surface area contributed by atoms with Crippen LogP contribution in [0.15, 0.2) is 35.7 Å². The highest BCUT2D eigenvalue weighted by molar-refractivity contribution is 7.12. The fourth-order valence-electron chi connectivity index (χ4n) is 4.67. The van der Waals surface area contributed by atoms with Gasteiger partial charge in [0.1, 0.15) is 0 Å². The highest BCUT2D eigenvalue weighted by atomic mass is 32.1. The number of piperidine rings is 2. The van der Waals surface area contributed by atoms with Crippen molar-refractivity contribution in [2.24, 2.45) is 5.92 Å². The summed E-state index contributed by atoms with van der Waals surface area (Å²) in [4.78, 5) is 29.6. The quantitative estimate of drug-likeness (QED) is 0.646. The number of likely N-dealkylation sites (tertiary alicyclic amines) is 1. The Labute approximate surface area is 187 Å². The van der Waals surface area contributed by atoms with Crippen LogP contribution in [0.25, 0.3) is 0 Å². The van der Waals surface area contributed by atoms with Gasteiger partial charge >= 0.3 is 5.97 Å². The van der Waals surface area contributed by atoms with Gasteiger partial charge in [-0.05, 0) is 87.3 Å². The number of anilines is 2. The first kappa shape index (κ1) is 21.8. The Morgan fingerprint density at radius 1 is 1.06 bits per heavy atom. The SMILES string of the molecule is O=C(Nc1ccc(N2CCC(CCN3CCCCC3)CC2)c(C(=O)O)c1)c1cccs1. The first-order chi connectivity index (χ1) is 15.1. The minimum Gasteiger partial charge on any atom is -0.478 e. The van der Waals surface area contributed by atoms with E-state index in [2.05, 4.69) is 15.1 Å². The van der Waals surface area contributed by atoms with Crippen LogP contribution in [0.5, 0.6) is 0 Å². The van der Waals surface area contributed by atoms with Crippen molar-refractivity contribution in [3.05, 3.63) is 46.2 Å². The van der Waals surface area contributed by atoms with Crippen molar-refractivity contribution in [3.63, 3.8) is 0 Å². The standard InChI is InChI=1S/C24H31N3O3S/c28-23(22-5-4-16-31-22)25-19-6-7-21(20(17-19)24(29)30)27-14-9-18(10-15-27)8-13-26-11-2-1-3-12-26/h4-7,16-18H,1-3,8-15H2,(H,25,28)(H,29,30). The molecule has 1 amide bonds. The van der Waals surface area contributed by atoms with Crippen LogP contribution in [0.3, 0.4) is 0 Å². The number of carboxylic acids is 1. The van der Waals surface area contributed by atoms with Crippen LogP contribution < -0.4 is 10.2 Å². The van der Waals surface area contributed by atoms with Gasteiger partial charge in [0.25, 0.3) is 5.91 Å². The molecule has 2 saturated heterocycles. The number of amides is 1. The molecular formula is C24H31N3O3S. The number of carbonyl (C=O) groups excluding carboxylic acids is 1. The molecule has 0 saturated carbocycles. The summed E-state index contributed by atoms with van der Waals surface area (Å²) in [6.07, 6.45) is 7.48. The maximum absolute atomic E-state index is 12.3. The molecule has 0 aliphatic carbocycles. The monoisotopic (exact) mass is 441 g/mol. The molecule has 0 atom stereocenters. The zero-order valence-electron chi connectivity index (χ0n) is 17.9. The molecule has 0 bridgehead atoms. The minimum absolute atomic E-state index is 0.214. The first-order valence-electron chi connectivity index (χ1n) is 11.3. The molecule has 7 heteroatoms. The molecule has 0 spiro atoms. The van der Waals surface area contributed by atoms with Crippen molar-refractivity contribution < 1.29 is 14.7 Å². The van der Waals surface area contributed by atoms with Crippen molar-refractivity contribution in [2.75, 3.05) is 42.9 Å². The number of benzene rings is 1. The fraction of sp³-hybridized carbons (Fsp3) is 0.500. The second-order valence-corrected chi connectivity index (χ2v) is 9.54. The van der Waals surface area contributed by atoms with E-state index in [-0.39, 0.29) is 11.5 Å². The van der Waals surface area contributed by atoms with Gasteiger partial charge in [0.15, 0.2) is 0 Å². The summed E-state index contributed by atoms with van der Waals surface area (Å²) >= 11 is 1.36. The number of carboxylic acid groups (broad SMARTS) is 1. The second kappa shape index (κ2) is 10.3. The van der Waals surface area contributed by atoms with Gasteiger partial charge in [-0.1, -0.05) is 12.5 Å². The van der Waals surface area contributed by atoms with Crippen LogP contribution in [0.4, 0.5) is 11.4 Å². The summed E-state index contributed by atoms with van der Waals surface area (Å²) in [5.74, 6) is -0.459. The van der Waals surface area contributed by atoms with E-state index in [0.717, 1.165) is 37.5 Å². The highest BCUT2D eigenvalue weighted by Gasteiger charge is 2.24. The predicted octanol–water partition coefficient (Wildman–Crippen LogP) is 4.79. The number of thiophene rings is 1. The smallest absolute Gasteiger partial charge is 0.337 e. The van der Waals surface area contributed by atoms with Crippen molar-refractivity contribution in [2.45, 2.75) is 38.5 Å². The van der Waals surface area contributed by atoms with E-state index in [1.54, 1.807) is 18.2 Å². The fourth-order valence-corrected chi connectivity index (χ4v) is 5.29. The zero-order chi connectivity index (χ0) is 21.6. The predicted molar refractivity (Wildman–Crippen MR) is 126 cm³/mol. The van der Waals surface area contributed by atoms with E-state index in [1.165, 1.54) is 56.7 Å². The lowest BCUT2D eigenvalue weighted by Crippen LogP contribution is -2.37. The van der Waals surface area contributed by atoms with Gasteiger partial charge in [0.05, 0.1) is 16.1 Å². The second-order valence-electron chi connectivity index (χ2n) is 8.59. The van der Waals surface area contributed by atoms with Crippen molar-refractivity contribution in [3.8, 4) is 0 Å². The van der Waals surface area contributed by atoms with Crippen LogP contribution in [-0.4, -0.2) is 54.6 Å². The van der Waals surface area contributed by atoms with Crippen LogP contribution in [-0.2, 0) is 0 Å². The molecule has 0 radical (unpaired) electrons. The third-order valence-electron chi connectivity index (χ3n) is 6.49. The van der Waals surface area contributed by atoms with Gasteiger partial charge in [-0.3, -0.25) is 4.79 Å². The van der Waals surface area contributed by atoms with E-state index in [4.69, 9.17) is 0 Å². The van der Waals surface area contributed by atoms with E-state index >= 15 is 0 Å². The summed E-state index contributed by atoms with van der Waals surface area (Å²) < 4.78 is 0. The number of aromatic carboxylic acids is 1. The molecule has 3 heterocycles. The molecule has 2 aromatic rings. The highest BCUT2D eigenvalue weighted by Crippen LogP contribution is 2.30. The van der Waals surface area contributed by atoms with Gasteiger partial charge in [-0.2, -0.15) is 0 Å². The number of hydrogen-bond donors (Lipinski definition) is 2. The lowest BCUT2D eigenvalue weighted by molar-refractivity contribution is 0.0697. The Morgan fingerprint density at radius 3 is 2.52 bits per heavy atom. The largest absolute Gasteiger partial charge is 0.478 e. The van der Waals surface area contributed by atoms with Crippen LogP contribution in [0.1, 0.15) is 58.6 Å². The molecule has 0 unspecified atom stereocenters. The summed E-state index contributed by atoms with van der Waals surface area (Å²) in [6, 6.07) is 8.78. The Bertz CT molecular complexity index is 885. The summed E-state index contributed by atoms with van der Waals surface area (Å²) in [6.45, 7) is 5.45. The summed E-state index contributed by atoms with van der Waals surface area (Å²) in [7, 11) is 0. The number of nitrogens with one attached hydrogen (secondary N) is 1. The van der Waals surface area contributed by atoms with Crippen molar-refractivity contribution in [1.82, 2.24) is 4.90 Å². The van der Waals surface area contributed by atoms with Crippen molar-refractivity contribution in [1.29, 1.82) is 0 Å². The molecule has 166 valence electrons. The number of rotatable bonds is 7. The van der Waals surface area contributed by atoms with Crippen LogP contribution in [0.2, 0.25) is 0 Å². The van der Waals surface area contributed by atoms with Crippen LogP contribution >= 0.6 is 11.3 Å². The number of hydrogen-bond acceptors (Lipinski definition) is 5. The average Bonchev–Trinajstić information content (AvgIpc) is 3.34. The molecule has 2 N–H and O–H groups in total. The third kappa shape index (κ3) is 5.66. The molecular weight excluding hydrogens is 410 g/mol. The zero-order valence-corrected chi connectivity index (χ0v) is 18.7. The van der Waals surface area contributed by atoms with Gasteiger partial charge in [0.2, 0.25) is 0 Å². The van der Waals surface area contributed by atoms with Crippen molar-refractivity contribution >= 4 is 34.6 Å². The van der Waals surface area contributed by atoms with E-state index in [0.29, 0.717) is 10.6 Å². The molecule has 2 fully saturated rings. The van der Waals surface area contributed by atoms with E-state index in [1.807, 2.05) is 17.5 Å². The Hall–Kier alpha value is -2.38. The van der Waals surface area contributed by atoms with Gasteiger partial charge in [0, 0.05) is 18.8 Å². The number of nitrogens with zero attached hydrogens (tertiary/aromatic N) is 2. The summed E-state index contributed by atoms with van der Waals surface area (Å²) in [5.41, 5.74) is 1.50. The molecule has 1 aromatic heterocycles. The third-order valence-corrected chi connectivity index (χ3v) is 7.36. The normalized spacial score (nSPS) is 18.1. The Kier molecular flexibility index (Phi) is 7.25. The molecule has 1 aromatic carbocycles. The summed E-state index contributed by atoms with van der Waals surface area (Å²) in [5, 5.41) is 14.4. The first-order valence-corrected chi connectivity index (χ1v) is 12.2. The van der Waals surface area contributed by atoms with E-state index < -0.39 is 5.97 Å². The molecule has 6 nitrogen and oxygen atoms in total. The number of carbonyl (C=O) groups is 2. The molecule has 4 rings (SSSR count). The Balaban J connectivity index is 1.35. The van der Waals surface area contributed by atoms with Gasteiger partial charge < -0.3 is 20.2 Å².